The van der Waals surface area contributed by atoms with Crippen molar-refractivity contribution in [1.82, 2.24) is 4.98 Å². The molecule has 1 aromatic carbocycles. The lowest BCUT2D eigenvalue weighted by atomic mass is 10.2. The molecule has 0 fully saturated rings. The summed E-state index contributed by atoms with van der Waals surface area (Å²) >= 11 is 0. The van der Waals surface area contributed by atoms with Crippen LogP contribution in [-0.2, 0) is 0 Å². The third-order valence-electron chi connectivity index (χ3n) is 3.06. The number of pyridine rings is 1. The number of hydrogen-bond acceptors (Lipinski definition) is 4. The van der Waals surface area contributed by atoms with Crippen molar-refractivity contribution in [2.45, 2.75) is 19.4 Å². The Kier molecular flexibility index (Phi) is 4.58. The zero-order valence-electron chi connectivity index (χ0n) is 12.1. The number of anilines is 1. The largest absolute Gasteiger partial charge is 0.456 e. The Hall–Kier alpha value is -2.07. The lowest BCUT2D eigenvalue weighted by Gasteiger charge is -2.14. The van der Waals surface area contributed by atoms with Crippen molar-refractivity contribution in [3.8, 4) is 11.5 Å². The Morgan fingerprint density at radius 3 is 2.60 bits per heavy atom. The van der Waals surface area contributed by atoms with Gasteiger partial charge in [0.05, 0.1) is 18.0 Å². The highest BCUT2D eigenvalue weighted by molar-refractivity contribution is 5.50. The summed E-state index contributed by atoms with van der Waals surface area (Å²) in [5, 5.41) is 9.70. The molecule has 2 rings (SSSR count). The topological polar surface area (TPSA) is 45.6 Å². The van der Waals surface area contributed by atoms with Crippen molar-refractivity contribution < 1.29 is 9.84 Å². The Balaban J connectivity index is 2.12. The lowest BCUT2D eigenvalue weighted by molar-refractivity contribution is 0.169. The summed E-state index contributed by atoms with van der Waals surface area (Å²) in [5.74, 6) is 1.43. The smallest absolute Gasteiger partial charge is 0.145 e. The van der Waals surface area contributed by atoms with Crippen LogP contribution in [0.5, 0.6) is 11.5 Å². The van der Waals surface area contributed by atoms with E-state index in [9.17, 15) is 5.11 Å². The van der Waals surface area contributed by atoms with Crippen LogP contribution in [0.3, 0.4) is 0 Å². The molecule has 0 saturated carbocycles. The second kappa shape index (κ2) is 6.39. The van der Waals surface area contributed by atoms with Gasteiger partial charge in [0.15, 0.2) is 0 Å². The Bertz CT molecular complexity index is 553. The normalized spacial score (nSPS) is 12.0. The predicted octanol–water partition coefficient (Wildman–Crippen LogP) is 3.38. The summed E-state index contributed by atoms with van der Waals surface area (Å²) in [6, 6.07) is 11.5. The van der Waals surface area contributed by atoms with Crippen molar-refractivity contribution in [3.05, 3.63) is 48.3 Å². The van der Waals surface area contributed by atoms with Crippen molar-refractivity contribution in [1.29, 1.82) is 0 Å². The molecule has 0 spiro atoms. The van der Waals surface area contributed by atoms with Gasteiger partial charge in [0.1, 0.15) is 11.5 Å². The maximum atomic E-state index is 9.70. The number of hydrogen-bond donors (Lipinski definition) is 1. The molecule has 0 radical (unpaired) electrons. The first-order valence-electron chi connectivity index (χ1n) is 6.69. The van der Waals surface area contributed by atoms with E-state index in [-0.39, 0.29) is 0 Å². The van der Waals surface area contributed by atoms with Crippen LogP contribution in [0.25, 0.3) is 0 Å². The number of ether oxygens (including phenoxy) is 1. The molecule has 0 unspecified atom stereocenters. The summed E-state index contributed by atoms with van der Waals surface area (Å²) in [6.45, 7) is 1.92. The van der Waals surface area contributed by atoms with E-state index in [0.717, 1.165) is 11.4 Å². The molecular formula is C16H20N2O2. The first kappa shape index (κ1) is 14.3. The fourth-order valence-electron chi connectivity index (χ4n) is 1.82. The number of aliphatic hydroxyl groups is 1. The number of rotatable bonds is 5. The molecule has 4 heteroatoms. The average Bonchev–Trinajstić information content (AvgIpc) is 2.47. The molecule has 4 nitrogen and oxygen atoms in total. The van der Waals surface area contributed by atoms with Gasteiger partial charge in [-0.15, -0.1) is 0 Å². The molecule has 20 heavy (non-hydrogen) atoms. The number of benzene rings is 1. The molecule has 0 aliphatic heterocycles. The van der Waals surface area contributed by atoms with E-state index >= 15 is 0 Å². The highest BCUT2D eigenvalue weighted by atomic mass is 16.5. The number of nitrogens with zero attached hydrogens (tertiary/aromatic N) is 2. The van der Waals surface area contributed by atoms with E-state index in [0.29, 0.717) is 17.9 Å². The molecular weight excluding hydrogens is 252 g/mol. The van der Waals surface area contributed by atoms with Gasteiger partial charge in [-0.05, 0) is 30.7 Å². The molecule has 0 aliphatic carbocycles. The van der Waals surface area contributed by atoms with E-state index in [1.165, 1.54) is 0 Å². The second-order valence-corrected chi connectivity index (χ2v) is 4.84. The van der Waals surface area contributed by atoms with Crippen LogP contribution in [-0.4, -0.2) is 24.2 Å². The lowest BCUT2D eigenvalue weighted by Crippen LogP contribution is -2.08. The van der Waals surface area contributed by atoms with Crippen LogP contribution < -0.4 is 9.64 Å². The Morgan fingerprint density at radius 1 is 1.20 bits per heavy atom. The van der Waals surface area contributed by atoms with Gasteiger partial charge in [-0.1, -0.05) is 13.0 Å². The summed E-state index contributed by atoms with van der Waals surface area (Å²) in [6.07, 6.45) is 1.77. The number of aliphatic hydroxyl groups excluding tert-OH is 1. The van der Waals surface area contributed by atoms with Crippen LogP contribution in [0.4, 0.5) is 5.69 Å². The van der Waals surface area contributed by atoms with Crippen LogP contribution >= 0.6 is 0 Å². The minimum Gasteiger partial charge on any atom is -0.456 e. The van der Waals surface area contributed by atoms with E-state index in [1.54, 1.807) is 12.3 Å². The summed E-state index contributed by atoms with van der Waals surface area (Å²) in [5.41, 5.74) is 1.75. The van der Waals surface area contributed by atoms with Crippen LogP contribution in [0, 0.1) is 0 Å². The molecule has 1 aromatic heterocycles. The number of aromatic nitrogens is 1. The quantitative estimate of drug-likeness (QED) is 0.906. The van der Waals surface area contributed by atoms with Crippen molar-refractivity contribution in [3.63, 3.8) is 0 Å². The zero-order valence-corrected chi connectivity index (χ0v) is 12.1. The van der Waals surface area contributed by atoms with Gasteiger partial charge in [-0.2, -0.15) is 0 Å². The first-order chi connectivity index (χ1) is 9.60. The SMILES string of the molecule is CC[C@@H](O)c1ccc(Oc2cccc(N(C)C)c2)cn1. The van der Waals surface area contributed by atoms with Gasteiger partial charge < -0.3 is 14.7 Å². The molecule has 1 heterocycles. The predicted molar refractivity (Wildman–Crippen MR) is 80.3 cm³/mol. The molecule has 0 bridgehead atoms. The second-order valence-electron chi connectivity index (χ2n) is 4.84. The van der Waals surface area contributed by atoms with Crippen LogP contribution in [0.1, 0.15) is 25.1 Å². The maximum absolute atomic E-state index is 9.70. The molecule has 1 atom stereocenters. The van der Waals surface area contributed by atoms with Gasteiger partial charge in [-0.25, -0.2) is 0 Å². The minimum atomic E-state index is -0.513. The van der Waals surface area contributed by atoms with Crippen molar-refractivity contribution in [2.24, 2.45) is 0 Å². The standard InChI is InChI=1S/C16H20N2O2/c1-4-16(19)15-9-8-14(11-17-15)20-13-7-5-6-12(10-13)18(2)3/h5-11,16,19H,4H2,1-3H3/t16-/m1/s1. The highest BCUT2D eigenvalue weighted by Crippen LogP contribution is 2.25. The monoisotopic (exact) mass is 272 g/mol. The average molecular weight is 272 g/mol. The molecule has 0 saturated heterocycles. The summed E-state index contributed by atoms with van der Waals surface area (Å²) < 4.78 is 5.77. The summed E-state index contributed by atoms with van der Waals surface area (Å²) in [7, 11) is 3.98. The third kappa shape index (κ3) is 3.48. The highest BCUT2D eigenvalue weighted by Gasteiger charge is 2.06. The van der Waals surface area contributed by atoms with E-state index in [4.69, 9.17) is 4.74 Å². The van der Waals surface area contributed by atoms with Gasteiger partial charge in [0.25, 0.3) is 0 Å². The third-order valence-corrected chi connectivity index (χ3v) is 3.06. The van der Waals surface area contributed by atoms with E-state index in [1.807, 2.05) is 56.3 Å². The van der Waals surface area contributed by atoms with Crippen LogP contribution in [0.15, 0.2) is 42.6 Å². The maximum Gasteiger partial charge on any atom is 0.145 e. The van der Waals surface area contributed by atoms with Crippen molar-refractivity contribution >= 4 is 5.69 Å². The molecule has 106 valence electrons. The minimum absolute atomic E-state index is 0.513. The van der Waals surface area contributed by atoms with E-state index in [2.05, 4.69) is 4.98 Å². The Morgan fingerprint density at radius 2 is 2.00 bits per heavy atom. The Labute approximate surface area is 119 Å². The van der Waals surface area contributed by atoms with Gasteiger partial charge in [0.2, 0.25) is 0 Å². The molecule has 1 N–H and O–H groups in total. The van der Waals surface area contributed by atoms with Gasteiger partial charge >= 0.3 is 0 Å². The van der Waals surface area contributed by atoms with Crippen LogP contribution in [0.2, 0.25) is 0 Å². The first-order valence-corrected chi connectivity index (χ1v) is 6.69. The van der Waals surface area contributed by atoms with Gasteiger partial charge in [-0.3, -0.25) is 4.98 Å². The molecule has 0 amide bonds. The van der Waals surface area contributed by atoms with Crippen molar-refractivity contribution in [2.75, 3.05) is 19.0 Å². The molecule has 2 aromatic rings. The van der Waals surface area contributed by atoms with Gasteiger partial charge in [0, 0.05) is 25.8 Å². The zero-order chi connectivity index (χ0) is 14.5. The fourth-order valence-corrected chi connectivity index (χ4v) is 1.82. The fraction of sp³-hybridized carbons (Fsp3) is 0.312. The molecule has 0 aliphatic rings. The summed E-state index contributed by atoms with van der Waals surface area (Å²) in [4.78, 5) is 6.24. The van der Waals surface area contributed by atoms with E-state index < -0.39 is 6.10 Å².